The summed E-state index contributed by atoms with van der Waals surface area (Å²) in [4.78, 5) is 5.40. The summed E-state index contributed by atoms with van der Waals surface area (Å²) in [6.07, 6.45) is 1.96. The van der Waals surface area contributed by atoms with Crippen LogP contribution in [0, 0.1) is 0 Å². The van der Waals surface area contributed by atoms with E-state index in [9.17, 15) is 8.42 Å². The standard InChI is InChI=1S/C20H19NO2SSi/c1-25(2,3)15-9-10-18(21-13-15)14-8-11-20-17(12-14)16-6-4-5-7-19(16)24(20,22)23/h4-13H,1-3H3. The highest BCUT2D eigenvalue weighted by Gasteiger charge is 2.32. The molecule has 1 aliphatic heterocycles. The summed E-state index contributed by atoms with van der Waals surface area (Å²) in [5, 5.41) is 1.31. The van der Waals surface area contributed by atoms with E-state index in [1.54, 1.807) is 18.2 Å². The van der Waals surface area contributed by atoms with E-state index in [1.165, 1.54) is 5.19 Å². The highest BCUT2D eigenvalue weighted by molar-refractivity contribution is 7.92. The second-order valence-electron chi connectivity index (χ2n) is 7.39. The third kappa shape index (κ3) is 2.55. The SMILES string of the molecule is C[Si](C)(C)c1ccc(-c2ccc3c(c2)-c2ccccc2S3(=O)=O)nc1. The maximum Gasteiger partial charge on any atom is 0.207 e. The van der Waals surface area contributed by atoms with Crippen LogP contribution >= 0.6 is 0 Å². The zero-order valence-corrected chi connectivity index (χ0v) is 16.3. The molecule has 1 aliphatic rings. The first kappa shape index (κ1) is 16.2. The fraction of sp³-hybridized carbons (Fsp3) is 0.150. The molecule has 0 bridgehead atoms. The molecule has 0 spiro atoms. The van der Waals surface area contributed by atoms with E-state index in [4.69, 9.17) is 0 Å². The Morgan fingerprint density at radius 2 is 1.56 bits per heavy atom. The first-order chi connectivity index (χ1) is 11.8. The summed E-state index contributed by atoms with van der Waals surface area (Å²) < 4.78 is 25.3. The topological polar surface area (TPSA) is 47.0 Å². The first-order valence-corrected chi connectivity index (χ1v) is 13.2. The molecule has 0 unspecified atom stereocenters. The van der Waals surface area contributed by atoms with Crippen molar-refractivity contribution in [2.75, 3.05) is 0 Å². The number of hydrogen-bond donors (Lipinski definition) is 0. The number of sulfone groups is 1. The van der Waals surface area contributed by atoms with Crippen LogP contribution in [0.3, 0.4) is 0 Å². The third-order valence-electron chi connectivity index (χ3n) is 4.66. The van der Waals surface area contributed by atoms with Gasteiger partial charge < -0.3 is 0 Å². The summed E-state index contributed by atoms with van der Waals surface area (Å²) in [7, 11) is -4.79. The predicted octanol–water partition coefficient (Wildman–Crippen LogP) is 4.11. The predicted molar refractivity (Wildman–Crippen MR) is 104 cm³/mol. The molecule has 4 rings (SSSR count). The molecule has 0 amide bonds. The number of aromatic nitrogens is 1. The molecule has 0 N–H and O–H groups in total. The molecule has 0 saturated carbocycles. The van der Waals surface area contributed by atoms with Gasteiger partial charge in [-0.2, -0.15) is 0 Å². The molecule has 3 nitrogen and oxygen atoms in total. The van der Waals surface area contributed by atoms with Crippen molar-refractivity contribution in [1.29, 1.82) is 0 Å². The van der Waals surface area contributed by atoms with Crippen LogP contribution in [-0.4, -0.2) is 21.5 Å². The van der Waals surface area contributed by atoms with Crippen molar-refractivity contribution >= 4 is 23.1 Å². The van der Waals surface area contributed by atoms with Gasteiger partial charge in [0.05, 0.1) is 23.6 Å². The summed E-state index contributed by atoms with van der Waals surface area (Å²) in [6.45, 7) is 6.88. The maximum absolute atomic E-state index is 12.7. The lowest BCUT2D eigenvalue weighted by molar-refractivity contribution is 0.598. The zero-order valence-electron chi connectivity index (χ0n) is 14.4. The highest BCUT2D eigenvalue weighted by Crippen LogP contribution is 2.44. The van der Waals surface area contributed by atoms with Crippen molar-refractivity contribution in [3.05, 3.63) is 60.8 Å². The molecule has 2 heterocycles. The fourth-order valence-electron chi connectivity index (χ4n) is 3.18. The largest absolute Gasteiger partial charge is 0.256 e. The summed E-state index contributed by atoms with van der Waals surface area (Å²) in [6, 6.07) is 16.8. The van der Waals surface area contributed by atoms with Crippen LogP contribution in [0.15, 0.2) is 70.6 Å². The number of hydrogen-bond acceptors (Lipinski definition) is 3. The maximum atomic E-state index is 12.7. The van der Waals surface area contributed by atoms with Gasteiger partial charge in [-0.3, -0.25) is 4.98 Å². The minimum Gasteiger partial charge on any atom is -0.256 e. The Kier molecular flexibility index (Phi) is 3.49. The van der Waals surface area contributed by atoms with Crippen molar-refractivity contribution < 1.29 is 8.42 Å². The second-order valence-corrected chi connectivity index (χ2v) is 14.4. The number of benzene rings is 2. The van der Waals surface area contributed by atoms with Gasteiger partial charge in [0.15, 0.2) is 0 Å². The van der Waals surface area contributed by atoms with E-state index in [1.807, 2.05) is 36.5 Å². The summed E-state index contributed by atoms with van der Waals surface area (Å²) in [5.74, 6) is 0. The molecule has 1 aromatic heterocycles. The number of fused-ring (bicyclic) bond motifs is 3. The van der Waals surface area contributed by atoms with Gasteiger partial charge in [0.2, 0.25) is 9.84 Å². The molecule has 3 aromatic rings. The fourth-order valence-corrected chi connectivity index (χ4v) is 5.89. The lowest BCUT2D eigenvalue weighted by Gasteiger charge is -2.16. The van der Waals surface area contributed by atoms with Gasteiger partial charge in [-0.15, -0.1) is 0 Å². The molecule has 0 radical (unpaired) electrons. The third-order valence-corrected chi connectivity index (χ3v) is 8.56. The lowest BCUT2D eigenvalue weighted by Crippen LogP contribution is -2.37. The molecule has 0 saturated heterocycles. The first-order valence-electron chi connectivity index (χ1n) is 8.24. The second kappa shape index (κ2) is 5.38. The Morgan fingerprint density at radius 3 is 2.24 bits per heavy atom. The Labute approximate surface area is 149 Å². The van der Waals surface area contributed by atoms with Crippen LogP contribution in [0.5, 0.6) is 0 Å². The Balaban J connectivity index is 1.84. The minimum atomic E-state index is -3.40. The molecule has 5 heteroatoms. The Morgan fingerprint density at radius 1 is 0.840 bits per heavy atom. The molecule has 0 aliphatic carbocycles. The van der Waals surface area contributed by atoms with Crippen LogP contribution in [0.2, 0.25) is 19.6 Å². The summed E-state index contributed by atoms with van der Waals surface area (Å²) >= 11 is 0. The molecular formula is C20H19NO2SSi. The minimum absolute atomic E-state index is 0.385. The van der Waals surface area contributed by atoms with Crippen LogP contribution in [0.4, 0.5) is 0 Å². The molecule has 0 fully saturated rings. The van der Waals surface area contributed by atoms with Crippen molar-refractivity contribution in [1.82, 2.24) is 4.98 Å². The lowest BCUT2D eigenvalue weighted by atomic mass is 10.0. The highest BCUT2D eigenvalue weighted by atomic mass is 32.2. The zero-order chi connectivity index (χ0) is 17.8. The van der Waals surface area contributed by atoms with Gasteiger partial charge >= 0.3 is 0 Å². The number of pyridine rings is 1. The molecule has 2 aromatic carbocycles. The van der Waals surface area contributed by atoms with E-state index >= 15 is 0 Å². The average molecular weight is 366 g/mol. The van der Waals surface area contributed by atoms with Gasteiger partial charge in [-0.25, -0.2) is 8.42 Å². The summed E-state index contributed by atoms with van der Waals surface area (Å²) in [5.41, 5.74) is 3.35. The van der Waals surface area contributed by atoms with Crippen LogP contribution in [0.25, 0.3) is 22.4 Å². The van der Waals surface area contributed by atoms with Gasteiger partial charge in [0.1, 0.15) is 0 Å². The van der Waals surface area contributed by atoms with E-state index in [0.717, 1.165) is 22.4 Å². The quantitative estimate of drug-likeness (QED) is 0.502. The van der Waals surface area contributed by atoms with Gasteiger partial charge in [0.25, 0.3) is 0 Å². The molecule has 25 heavy (non-hydrogen) atoms. The van der Waals surface area contributed by atoms with Gasteiger partial charge in [-0.1, -0.05) is 50.0 Å². The van der Waals surface area contributed by atoms with E-state index in [0.29, 0.717) is 9.79 Å². The Hall–Kier alpha value is -2.24. The van der Waals surface area contributed by atoms with Gasteiger partial charge in [-0.05, 0) is 29.5 Å². The van der Waals surface area contributed by atoms with Crippen LogP contribution in [0.1, 0.15) is 0 Å². The molecule has 0 atom stereocenters. The Bertz CT molecular complexity index is 1080. The van der Waals surface area contributed by atoms with Crippen LogP contribution in [-0.2, 0) is 9.84 Å². The van der Waals surface area contributed by atoms with Crippen molar-refractivity contribution in [3.8, 4) is 22.4 Å². The van der Waals surface area contributed by atoms with E-state index < -0.39 is 17.9 Å². The van der Waals surface area contributed by atoms with Crippen molar-refractivity contribution in [3.63, 3.8) is 0 Å². The average Bonchev–Trinajstić information content (AvgIpc) is 2.82. The normalized spacial score (nSPS) is 14.8. The van der Waals surface area contributed by atoms with E-state index in [2.05, 4.69) is 30.7 Å². The number of nitrogens with zero attached hydrogens (tertiary/aromatic N) is 1. The van der Waals surface area contributed by atoms with Crippen molar-refractivity contribution in [2.45, 2.75) is 29.4 Å². The van der Waals surface area contributed by atoms with Crippen LogP contribution < -0.4 is 5.19 Å². The number of rotatable bonds is 2. The van der Waals surface area contributed by atoms with Crippen molar-refractivity contribution in [2.24, 2.45) is 0 Å². The molecule has 126 valence electrons. The van der Waals surface area contributed by atoms with E-state index in [-0.39, 0.29) is 0 Å². The smallest absolute Gasteiger partial charge is 0.207 e. The molecular weight excluding hydrogens is 346 g/mol. The monoisotopic (exact) mass is 365 g/mol. The van der Waals surface area contributed by atoms with Gasteiger partial charge in [0, 0.05) is 22.9 Å².